The lowest BCUT2D eigenvalue weighted by Crippen LogP contribution is -2.20. The molecule has 122 valence electrons. The fourth-order valence-corrected chi connectivity index (χ4v) is 2.68. The number of aryl methyl sites for hydroxylation is 3. The molecule has 0 aliphatic carbocycles. The molecule has 2 rings (SSSR count). The van der Waals surface area contributed by atoms with Crippen LogP contribution in [0.15, 0.2) is 18.2 Å². The number of nitrogens with zero attached hydrogens (tertiary/aromatic N) is 2. The van der Waals surface area contributed by atoms with Crippen molar-refractivity contribution in [2.75, 3.05) is 5.32 Å². The Hall–Kier alpha value is -2.63. The molecule has 0 fully saturated rings. The number of carbonyl (C=O) groups is 2. The Morgan fingerprint density at radius 3 is 2.43 bits per heavy atom. The molecule has 0 spiro atoms. The first-order valence-electron chi connectivity index (χ1n) is 7.37. The second-order valence-electron chi connectivity index (χ2n) is 5.75. The summed E-state index contributed by atoms with van der Waals surface area (Å²) in [5.41, 5.74) is 4.14. The molecular weight excluding hydrogens is 294 g/mol. The van der Waals surface area contributed by atoms with Gasteiger partial charge in [0.15, 0.2) is 0 Å². The molecule has 0 aliphatic rings. The lowest BCUT2D eigenvalue weighted by Gasteiger charge is -2.15. The van der Waals surface area contributed by atoms with Crippen LogP contribution in [0.3, 0.4) is 0 Å². The molecule has 2 N–H and O–H groups in total. The summed E-state index contributed by atoms with van der Waals surface area (Å²) in [5, 5.41) is 16.2. The molecular formula is C17H21N3O3. The molecule has 0 aliphatic heterocycles. The van der Waals surface area contributed by atoms with Crippen molar-refractivity contribution in [1.29, 1.82) is 0 Å². The monoisotopic (exact) mass is 315 g/mol. The number of amides is 1. The van der Waals surface area contributed by atoms with Crippen molar-refractivity contribution < 1.29 is 14.7 Å². The quantitative estimate of drug-likeness (QED) is 0.908. The predicted octanol–water partition coefficient (Wildman–Crippen LogP) is 2.79. The normalized spacial score (nSPS) is 12.0. The van der Waals surface area contributed by atoms with E-state index in [1.54, 1.807) is 10.7 Å². The number of hydrogen-bond acceptors (Lipinski definition) is 3. The van der Waals surface area contributed by atoms with Crippen molar-refractivity contribution in [2.24, 2.45) is 7.05 Å². The fourth-order valence-electron chi connectivity index (χ4n) is 2.68. The molecule has 1 heterocycles. The van der Waals surface area contributed by atoms with Gasteiger partial charge in [-0.15, -0.1) is 0 Å². The first-order valence-corrected chi connectivity index (χ1v) is 7.37. The number of nitrogens with one attached hydrogen (secondary N) is 1. The Balaban J connectivity index is 2.28. The first kappa shape index (κ1) is 16.7. The van der Waals surface area contributed by atoms with Gasteiger partial charge in [-0.1, -0.05) is 6.07 Å². The number of carboxylic acids is 1. The topological polar surface area (TPSA) is 84.2 Å². The molecule has 0 bridgehead atoms. The highest BCUT2D eigenvalue weighted by molar-refractivity contribution is 5.98. The van der Waals surface area contributed by atoms with E-state index in [1.165, 1.54) is 12.1 Å². The van der Waals surface area contributed by atoms with Gasteiger partial charge in [0.1, 0.15) is 0 Å². The summed E-state index contributed by atoms with van der Waals surface area (Å²) in [5.74, 6) is -1.58. The number of hydrogen-bond donors (Lipinski definition) is 2. The SMILES string of the molecule is Cc1ccc(C(=O)O)cc1NC(=O)C(C)c1c(C)nn(C)c1C. The van der Waals surface area contributed by atoms with E-state index in [9.17, 15) is 9.59 Å². The Morgan fingerprint density at radius 2 is 1.91 bits per heavy atom. The number of carboxylic acid groups (broad SMARTS) is 1. The number of benzene rings is 1. The van der Waals surface area contributed by atoms with E-state index in [0.717, 1.165) is 22.5 Å². The van der Waals surface area contributed by atoms with Crippen LogP contribution in [0.5, 0.6) is 0 Å². The van der Waals surface area contributed by atoms with Crippen LogP contribution >= 0.6 is 0 Å². The Morgan fingerprint density at radius 1 is 1.26 bits per heavy atom. The van der Waals surface area contributed by atoms with Gasteiger partial charge in [0.2, 0.25) is 5.91 Å². The van der Waals surface area contributed by atoms with E-state index in [1.807, 2.05) is 34.7 Å². The molecule has 2 aromatic rings. The van der Waals surface area contributed by atoms with Crippen molar-refractivity contribution in [3.05, 3.63) is 46.3 Å². The highest BCUT2D eigenvalue weighted by Crippen LogP contribution is 2.25. The van der Waals surface area contributed by atoms with E-state index in [2.05, 4.69) is 10.4 Å². The number of rotatable bonds is 4. The molecule has 6 nitrogen and oxygen atoms in total. The number of anilines is 1. The molecule has 0 saturated heterocycles. The van der Waals surface area contributed by atoms with Crippen LogP contribution in [0.25, 0.3) is 0 Å². The van der Waals surface area contributed by atoms with Crippen molar-refractivity contribution in [3.8, 4) is 0 Å². The molecule has 0 radical (unpaired) electrons. The zero-order valence-corrected chi connectivity index (χ0v) is 14.0. The highest BCUT2D eigenvalue weighted by Gasteiger charge is 2.23. The van der Waals surface area contributed by atoms with E-state index >= 15 is 0 Å². The molecule has 1 atom stereocenters. The van der Waals surface area contributed by atoms with Crippen molar-refractivity contribution >= 4 is 17.6 Å². The van der Waals surface area contributed by atoms with Crippen LogP contribution in [0.1, 0.15) is 45.7 Å². The minimum absolute atomic E-state index is 0.146. The van der Waals surface area contributed by atoms with Crippen molar-refractivity contribution in [3.63, 3.8) is 0 Å². The number of aromatic nitrogens is 2. The molecule has 1 unspecified atom stereocenters. The molecule has 6 heteroatoms. The lowest BCUT2D eigenvalue weighted by atomic mass is 9.98. The molecule has 1 aromatic carbocycles. The summed E-state index contributed by atoms with van der Waals surface area (Å²) < 4.78 is 1.75. The Kier molecular flexibility index (Phi) is 4.54. The standard InChI is InChI=1S/C17H21N3O3/c1-9-6-7-13(17(22)23)8-14(9)18-16(21)10(2)15-11(3)19-20(5)12(15)4/h6-8,10H,1-5H3,(H,18,21)(H,22,23). The maximum Gasteiger partial charge on any atom is 0.335 e. The van der Waals surface area contributed by atoms with Crippen molar-refractivity contribution in [1.82, 2.24) is 9.78 Å². The van der Waals surface area contributed by atoms with Crippen LogP contribution in [0, 0.1) is 20.8 Å². The molecule has 1 aromatic heterocycles. The molecule has 0 saturated carbocycles. The van der Waals surface area contributed by atoms with Gasteiger partial charge in [-0.25, -0.2) is 4.79 Å². The van der Waals surface area contributed by atoms with Gasteiger partial charge < -0.3 is 10.4 Å². The summed E-state index contributed by atoms with van der Waals surface area (Å²) in [6.07, 6.45) is 0. The second kappa shape index (κ2) is 6.24. The highest BCUT2D eigenvalue weighted by atomic mass is 16.4. The summed E-state index contributed by atoms with van der Waals surface area (Å²) >= 11 is 0. The Labute approximate surface area is 135 Å². The van der Waals surface area contributed by atoms with E-state index in [4.69, 9.17) is 5.11 Å². The van der Waals surface area contributed by atoms with Gasteiger partial charge in [0, 0.05) is 24.0 Å². The van der Waals surface area contributed by atoms with Gasteiger partial charge >= 0.3 is 5.97 Å². The van der Waals surface area contributed by atoms with Gasteiger partial charge in [-0.05, 0) is 45.4 Å². The minimum Gasteiger partial charge on any atom is -0.478 e. The minimum atomic E-state index is -1.02. The third-order valence-corrected chi connectivity index (χ3v) is 4.13. The molecule has 23 heavy (non-hydrogen) atoms. The largest absolute Gasteiger partial charge is 0.478 e. The molecule has 1 amide bonds. The van der Waals surface area contributed by atoms with E-state index in [0.29, 0.717) is 5.69 Å². The zero-order chi connectivity index (χ0) is 17.3. The lowest BCUT2D eigenvalue weighted by molar-refractivity contribution is -0.117. The van der Waals surface area contributed by atoms with Gasteiger partial charge in [0.05, 0.1) is 17.2 Å². The van der Waals surface area contributed by atoms with Crippen LogP contribution in [-0.2, 0) is 11.8 Å². The van der Waals surface area contributed by atoms with Crippen molar-refractivity contribution in [2.45, 2.75) is 33.6 Å². The summed E-state index contributed by atoms with van der Waals surface area (Å²) in [6, 6.07) is 4.68. The fraction of sp³-hybridized carbons (Fsp3) is 0.353. The summed E-state index contributed by atoms with van der Waals surface area (Å²) in [6.45, 7) is 7.45. The van der Waals surface area contributed by atoms with E-state index in [-0.39, 0.29) is 17.4 Å². The van der Waals surface area contributed by atoms with Crippen LogP contribution in [0.4, 0.5) is 5.69 Å². The summed E-state index contributed by atoms with van der Waals surface area (Å²) in [7, 11) is 1.84. The van der Waals surface area contributed by atoms with Gasteiger partial charge in [-0.2, -0.15) is 5.10 Å². The third-order valence-electron chi connectivity index (χ3n) is 4.13. The summed E-state index contributed by atoms with van der Waals surface area (Å²) in [4.78, 5) is 23.6. The number of carbonyl (C=O) groups excluding carboxylic acids is 1. The first-order chi connectivity index (χ1) is 10.7. The van der Waals surface area contributed by atoms with Gasteiger partial charge in [0.25, 0.3) is 0 Å². The van der Waals surface area contributed by atoms with Crippen LogP contribution in [0.2, 0.25) is 0 Å². The second-order valence-corrected chi connectivity index (χ2v) is 5.75. The zero-order valence-electron chi connectivity index (χ0n) is 14.0. The average molecular weight is 315 g/mol. The maximum absolute atomic E-state index is 12.6. The Bertz CT molecular complexity index is 778. The smallest absolute Gasteiger partial charge is 0.335 e. The third kappa shape index (κ3) is 3.26. The maximum atomic E-state index is 12.6. The predicted molar refractivity (Wildman–Crippen MR) is 87.9 cm³/mol. The average Bonchev–Trinajstić information content (AvgIpc) is 2.73. The van der Waals surface area contributed by atoms with Crippen LogP contribution < -0.4 is 5.32 Å². The van der Waals surface area contributed by atoms with E-state index < -0.39 is 5.97 Å². The van der Waals surface area contributed by atoms with Gasteiger partial charge in [-0.3, -0.25) is 9.48 Å². The van der Waals surface area contributed by atoms with Crippen LogP contribution in [-0.4, -0.2) is 26.8 Å². The number of aromatic carboxylic acids is 1.